The van der Waals surface area contributed by atoms with Gasteiger partial charge in [-0.05, 0) is 12.5 Å². The molecule has 0 aromatic carbocycles. The normalized spacial score (nSPS) is 27.9. The van der Waals surface area contributed by atoms with Gasteiger partial charge in [0.15, 0.2) is 5.17 Å². The van der Waals surface area contributed by atoms with E-state index in [2.05, 4.69) is 36.0 Å². The van der Waals surface area contributed by atoms with Crippen molar-refractivity contribution in [3.63, 3.8) is 0 Å². The van der Waals surface area contributed by atoms with Crippen LogP contribution in [0.3, 0.4) is 0 Å². The number of thioether (sulfide) groups is 1. The van der Waals surface area contributed by atoms with Crippen LogP contribution in [-0.4, -0.2) is 60.8 Å². The van der Waals surface area contributed by atoms with Crippen LogP contribution in [-0.2, 0) is 4.74 Å². The molecule has 0 aromatic rings. The van der Waals surface area contributed by atoms with Crippen molar-refractivity contribution in [1.82, 2.24) is 10.2 Å². The van der Waals surface area contributed by atoms with E-state index in [0.717, 1.165) is 50.4 Å². The molecule has 20 heavy (non-hydrogen) atoms. The van der Waals surface area contributed by atoms with E-state index >= 15 is 0 Å². The summed E-state index contributed by atoms with van der Waals surface area (Å²) in [7, 11) is 0. The van der Waals surface area contributed by atoms with Gasteiger partial charge >= 0.3 is 0 Å². The zero-order chi connectivity index (χ0) is 14.4. The van der Waals surface area contributed by atoms with Crippen molar-refractivity contribution in [2.24, 2.45) is 10.9 Å². The number of amidine groups is 1. The topological polar surface area (TPSA) is 36.9 Å². The molecular formula is C15H29N3OS. The summed E-state index contributed by atoms with van der Waals surface area (Å²) < 4.78 is 5.82. The van der Waals surface area contributed by atoms with Crippen molar-refractivity contribution >= 4 is 16.9 Å². The Labute approximate surface area is 127 Å². The Balaban J connectivity index is 1.70. The fourth-order valence-corrected chi connectivity index (χ4v) is 4.27. The van der Waals surface area contributed by atoms with E-state index in [1.54, 1.807) is 0 Å². The van der Waals surface area contributed by atoms with Crippen molar-refractivity contribution in [2.75, 3.05) is 39.3 Å². The number of rotatable bonds is 6. The van der Waals surface area contributed by atoms with Crippen molar-refractivity contribution in [1.29, 1.82) is 0 Å². The van der Waals surface area contributed by atoms with Crippen LogP contribution in [0.15, 0.2) is 4.99 Å². The number of likely N-dealkylation sites (N-methyl/N-ethyl adjacent to an activating group) is 1. The Hall–Kier alpha value is -0.260. The third kappa shape index (κ3) is 4.37. The number of aliphatic imine (C=N–C) groups is 1. The Kier molecular flexibility index (Phi) is 6.65. The molecule has 5 heteroatoms. The van der Waals surface area contributed by atoms with Crippen LogP contribution in [0.5, 0.6) is 0 Å². The van der Waals surface area contributed by atoms with Gasteiger partial charge in [0, 0.05) is 24.9 Å². The first-order valence-corrected chi connectivity index (χ1v) is 8.93. The smallest absolute Gasteiger partial charge is 0.157 e. The lowest BCUT2D eigenvalue weighted by Gasteiger charge is -2.32. The van der Waals surface area contributed by atoms with E-state index in [1.807, 2.05) is 11.8 Å². The number of hydrogen-bond donors (Lipinski definition) is 1. The van der Waals surface area contributed by atoms with Gasteiger partial charge in [-0.3, -0.25) is 9.89 Å². The molecule has 0 spiro atoms. The monoisotopic (exact) mass is 299 g/mol. The van der Waals surface area contributed by atoms with Gasteiger partial charge in [-0.25, -0.2) is 0 Å². The van der Waals surface area contributed by atoms with Crippen LogP contribution in [0.1, 0.15) is 33.6 Å². The molecule has 116 valence electrons. The molecule has 2 heterocycles. The number of nitrogens with one attached hydrogen (secondary N) is 1. The van der Waals surface area contributed by atoms with Gasteiger partial charge in [0.05, 0.1) is 19.3 Å². The Bertz CT molecular complexity index is 320. The third-order valence-electron chi connectivity index (χ3n) is 4.40. The Morgan fingerprint density at radius 2 is 2.20 bits per heavy atom. The average Bonchev–Trinajstić information content (AvgIpc) is 2.95. The molecule has 0 aromatic heterocycles. The SMILES string of the molecule is CCC(CC)C1CN=C(NCC2CN(CC)CCO2)S1. The maximum atomic E-state index is 5.82. The Morgan fingerprint density at radius 1 is 1.40 bits per heavy atom. The van der Waals surface area contributed by atoms with E-state index in [1.165, 1.54) is 12.8 Å². The summed E-state index contributed by atoms with van der Waals surface area (Å²) in [5.41, 5.74) is 0. The summed E-state index contributed by atoms with van der Waals surface area (Å²) >= 11 is 1.93. The predicted molar refractivity (Wildman–Crippen MR) is 87.6 cm³/mol. The number of morpholine rings is 1. The van der Waals surface area contributed by atoms with Crippen molar-refractivity contribution in [2.45, 2.75) is 45.0 Å². The second-order valence-electron chi connectivity index (χ2n) is 5.65. The molecule has 2 aliphatic rings. The summed E-state index contributed by atoms with van der Waals surface area (Å²) in [6.45, 7) is 12.7. The molecule has 2 rings (SSSR count). The highest BCUT2D eigenvalue weighted by Gasteiger charge is 2.26. The maximum absolute atomic E-state index is 5.82. The van der Waals surface area contributed by atoms with Crippen molar-refractivity contribution in [3.8, 4) is 0 Å². The lowest BCUT2D eigenvalue weighted by atomic mass is 9.99. The third-order valence-corrected chi connectivity index (χ3v) is 5.74. The summed E-state index contributed by atoms with van der Waals surface area (Å²) in [6.07, 6.45) is 2.82. The highest BCUT2D eigenvalue weighted by molar-refractivity contribution is 8.14. The van der Waals surface area contributed by atoms with E-state index in [-0.39, 0.29) is 0 Å². The van der Waals surface area contributed by atoms with E-state index in [4.69, 9.17) is 4.74 Å². The van der Waals surface area contributed by atoms with E-state index in [0.29, 0.717) is 11.4 Å². The molecular weight excluding hydrogens is 270 g/mol. The van der Waals surface area contributed by atoms with Crippen molar-refractivity contribution in [3.05, 3.63) is 0 Å². The van der Waals surface area contributed by atoms with Gasteiger partial charge in [-0.2, -0.15) is 0 Å². The van der Waals surface area contributed by atoms with Crippen LogP contribution in [0.2, 0.25) is 0 Å². The highest BCUT2D eigenvalue weighted by Crippen LogP contribution is 2.30. The summed E-state index contributed by atoms with van der Waals surface area (Å²) in [4.78, 5) is 7.11. The predicted octanol–water partition coefficient (Wildman–Crippen LogP) is 2.20. The van der Waals surface area contributed by atoms with Gasteiger partial charge in [0.1, 0.15) is 0 Å². The minimum atomic E-state index is 0.305. The minimum absolute atomic E-state index is 0.305. The van der Waals surface area contributed by atoms with Gasteiger partial charge in [0.25, 0.3) is 0 Å². The number of ether oxygens (including phenoxy) is 1. The van der Waals surface area contributed by atoms with E-state index in [9.17, 15) is 0 Å². The van der Waals surface area contributed by atoms with Crippen LogP contribution in [0.4, 0.5) is 0 Å². The fourth-order valence-electron chi connectivity index (χ4n) is 2.94. The molecule has 0 radical (unpaired) electrons. The molecule has 0 saturated carbocycles. The molecule has 1 saturated heterocycles. The standard InChI is InChI=1S/C15H29N3OS/c1-4-12(5-2)14-10-17-15(20-14)16-9-13-11-18(6-3)7-8-19-13/h12-14H,4-11H2,1-3H3,(H,16,17). The molecule has 2 aliphatic heterocycles. The second-order valence-corrected chi connectivity index (χ2v) is 6.87. The molecule has 1 N–H and O–H groups in total. The van der Waals surface area contributed by atoms with E-state index < -0.39 is 0 Å². The van der Waals surface area contributed by atoms with Crippen molar-refractivity contribution < 1.29 is 4.74 Å². The van der Waals surface area contributed by atoms with Crippen LogP contribution in [0.25, 0.3) is 0 Å². The quantitative estimate of drug-likeness (QED) is 0.816. The lowest BCUT2D eigenvalue weighted by Crippen LogP contribution is -2.47. The molecule has 2 atom stereocenters. The molecule has 4 nitrogen and oxygen atoms in total. The molecule has 1 fully saturated rings. The first-order chi connectivity index (χ1) is 9.76. The van der Waals surface area contributed by atoms with Gasteiger partial charge in [0.2, 0.25) is 0 Å². The summed E-state index contributed by atoms with van der Waals surface area (Å²) in [6, 6.07) is 0. The minimum Gasteiger partial charge on any atom is -0.374 e. The highest BCUT2D eigenvalue weighted by atomic mass is 32.2. The molecule has 0 amide bonds. The van der Waals surface area contributed by atoms with Crippen LogP contribution in [0, 0.1) is 5.92 Å². The largest absolute Gasteiger partial charge is 0.374 e. The first-order valence-electron chi connectivity index (χ1n) is 8.05. The second kappa shape index (κ2) is 8.25. The van der Waals surface area contributed by atoms with Crippen LogP contribution >= 0.6 is 11.8 Å². The summed E-state index contributed by atoms with van der Waals surface area (Å²) in [5.74, 6) is 0.796. The molecule has 2 unspecified atom stereocenters. The maximum Gasteiger partial charge on any atom is 0.157 e. The molecule has 0 bridgehead atoms. The number of hydrogen-bond acceptors (Lipinski definition) is 5. The number of nitrogens with zero attached hydrogens (tertiary/aromatic N) is 2. The Morgan fingerprint density at radius 3 is 2.90 bits per heavy atom. The summed E-state index contributed by atoms with van der Waals surface area (Å²) in [5, 5.41) is 5.29. The lowest BCUT2D eigenvalue weighted by molar-refractivity contribution is -0.0232. The zero-order valence-electron chi connectivity index (χ0n) is 13.1. The van der Waals surface area contributed by atoms with Gasteiger partial charge in [-0.15, -0.1) is 0 Å². The molecule has 0 aliphatic carbocycles. The van der Waals surface area contributed by atoms with Crippen LogP contribution < -0.4 is 5.32 Å². The van der Waals surface area contributed by atoms with Gasteiger partial charge in [-0.1, -0.05) is 45.4 Å². The average molecular weight is 299 g/mol. The fraction of sp³-hybridized carbons (Fsp3) is 0.933. The van der Waals surface area contributed by atoms with Gasteiger partial charge < -0.3 is 10.1 Å². The first kappa shape index (κ1) is 16.1. The zero-order valence-corrected chi connectivity index (χ0v) is 13.9.